The zero-order valence-corrected chi connectivity index (χ0v) is 18.5. The third-order valence-electron chi connectivity index (χ3n) is 5.94. The standard InChI is InChI=1S/C21H34N4O3S/c1-3-11-24-12-6-5-10-20(24)21(26)22-18-8-7-9-19(17-18)29(27,28)25-15-13-23(4-2)14-16-25/h7-9,17,20H,3-6,10-16H2,1-2H3,(H,22,26). The molecule has 1 aromatic rings. The van der Waals surface area contributed by atoms with Gasteiger partial charge in [0.2, 0.25) is 15.9 Å². The van der Waals surface area contributed by atoms with Crippen LogP contribution in [0.2, 0.25) is 0 Å². The Bertz CT molecular complexity index is 789. The lowest BCUT2D eigenvalue weighted by atomic mass is 10.0. The number of sulfonamides is 1. The van der Waals surface area contributed by atoms with Crippen molar-refractivity contribution in [3.8, 4) is 0 Å². The number of piperidine rings is 1. The molecule has 1 N–H and O–H groups in total. The smallest absolute Gasteiger partial charge is 0.243 e. The summed E-state index contributed by atoms with van der Waals surface area (Å²) in [6.07, 6.45) is 4.05. The van der Waals surface area contributed by atoms with Crippen LogP contribution < -0.4 is 5.32 Å². The molecule has 2 aliphatic rings. The van der Waals surface area contributed by atoms with Crippen molar-refractivity contribution < 1.29 is 13.2 Å². The summed E-state index contributed by atoms with van der Waals surface area (Å²) in [6.45, 7) is 9.51. The molecule has 2 fully saturated rings. The molecule has 2 aliphatic heterocycles. The van der Waals surface area contributed by atoms with Gasteiger partial charge in [-0.15, -0.1) is 0 Å². The summed E-state index contributed by atoms with van der Waals surface area (Å²) < 4.78 is 27.6. The van der Waals surface area contributed by atoms with Crippen LogP contribution in [0.3, 0.4) is 0 Å². The van der Waals surface area contributed by atoms with Crippen LogP contribution in [0, 0.1) is 0 Å². The van der Waals surface area contributed by atoms with Crippen molar-refractivity contribution in [3.05, 3.63) is 24.3 Å². The molecule has 0 bridgehead atoms. The van der Waals surface area contributed by atoms with Gasteiger partial charge in [-0.2, -0.15) is 4.31 Å². The van der Waals surface area contributed by atoms with E-state index in [1.165, 1.54) is 0 Å². The van der Waals surface area contributed by atoms with E-state index in [0.717, 1.165) is 58.4 Å². The fraction of sp³-hybridized carbons (Fsp3) is 0.667. The van der Waals surface area contributed by atoms with E-state index in [2.05, 4.69) is 29.0 Å². The topological polar surface area (TPSA) is 73.0 Å². The molecule has 0 radical (unpaired) electrons. The number of hydrogen-bond acceptors (Lipinski definition) is 5. The quantitative estimate of drug-likeness (QED) is 0.729. The highest BCUT2D eigenvalue weighted by molar-refractivity contribution is 7.89. The lowest BCUT2D eigenvalue weighted by molar-refractivity contribution is -0.122. The van der Waals surface area contributed by atoms with Crippen LogP contribution >= 0.6 is 0 Å². The van der Waals surface area contributed by atoms with Gasteiger partial charge >= 0.3 is 0 Å². The van der Waals surface area contributed by atoms with E-state index in [1.54, 1.807) is 28.6 Å². The highest BCUT2D eigenvalue weighted by atomic mass is 32.2. The van der Waals surface area contributed by atoms with Gasteiger partial charge in [-0.3, -0.25) is 9.69 Å². The Labute approximate surface area is 175 Å². The van der Waals surface area contributed by atoms with Crippen molar-refractivity contribution >= 4 is 21.6 Å². The minimum Gasteiger partial charge on any atom is -0.325 e. The van der Waals surface area contributed by atoms with Crippen LogP contribution in [0.1, 0.15) is 39.5 Å². The summed E-state index contributed by atoms with van der Waals surface area (Å²) in [5.74, 6) is -0.0377. The maximum absolute atomic E-state index is 13.0. The minimum absolute atomic E-state index is 0.0377. The van der Waals surface area contributed by atoms with Gasteiger partial charge in [0.05, 0.1) is 10.9 Å². The van der Waals surface area contributed by atoms with E-state index in [0.29, 0.717) is 18.8 Å². The monoisotopic (exact) mass is 422 g/mol. The summed E-state index contributed by atoms with van der Waals surface area (Å²) in [5.41, 5.74) is 0.547. The lowest BCUT2D eigenvalue weighted by Gasteiger charge is -2.34. The molecule has 2 saturated heterocycles. The Balaban J connectivity index is 1.69. The van der Waals surface area contributed by atoms with E-state index >= 15 is 0 Å². The van der Waals surface area contributed by atoms with Crippen LogP contribution in [0.4, 0.5) is 5.69 Å². The number of rotatable bonds is 7. The van der Waals surface area contributed by atoms with Crippen molar-refractivity contribution in [1.82, 2.24) is 14.1 Å². The number of hydrogen-bond donors (Lipinski definition) is 1. The second-order valence-electron chi connectivity index (χ2n) is 7.90. The summed E-state index contributed by atoms with van der Waals surface area (Å²) in [4.78, 5) is 17.6. The van der Waals surface area contributed by atoms with Crippen LogP contribution in [0.5, 0.6) is 0 Å². The maximum atomic E-state index is 13.0. The fourth-order valence-corrected chi connectivity index (χ4v) is 5.71. The maximum Gasteiger partial charge on any atom is 0.243 e. The van der Waals surface area contributed by atoms with Crippen LogP contribution in [0.25, 0.3) is 0 Å². The first-order valence-corrected chi connectivity index (χ1v) is 12.3. The molecular weight excluding hydrogens is 388 g/mol. The van der Waals surface area contributed by atoms with E-state index in [-0.39, 0.29) is 16.8 Å². The van der Waals surface area contributed by atoms with Crippen molar-refractivity contribution in [1.29, 1.82) is 0 Å². The van der Waals surface area contributed by atoms with Crippen LogP contribution in [0.15, 0.2) is 29.2 Å². The Morgan fingerprint density at radius 2 is 1.86 bits per heavy atom. The van der Waals surface area contributed by atoms with Crippen LogP contribution in [-0.4, -0.2) is 80.3 Å². The lowest BCUT2D eigenvalue weighted by Crippen LogP contribution is -2.48. The number of likely N-dealkylation sites (tertiary alicyclic amines) is 1. The van der Waals surface area contributed by atoms with Gasteiger partial charge in [-0.25, -0.2) is 8.42 Å². The Hall–Kier alpha value is -1.48. The highest BCUT2D eigenvalue weighted by Gasteiger charge is 2.30. The fourth-order valence-electron chi connectivity index (χ4n) is 4.24. The number of nitrogens with one attached hydrogen (secondary N) is 1. The largest absolute Gasteiger partial charge is 0.325 e. The molecule has 2 heterocycles. The summed E-state index contributed by atoms with van der Waals surface area (Å²) in [6, 6.07) is 6.54. The second-order valence-corrected chi connectivity index (χ2v) is 9.84. The number of carbonyl (C=O) groups is 1. The van der Waals surface area contributed by atoms with Gasteiger partial charge in [-0.05, 0) is 57.1 Å². The normalized spacial score (nSPS) is 22.5. The molecule has 0 saturated carbocycles. The van der Waals surface area contributed by atoms with E-state index in [9.17, 15) is 13.2 Å². The van der Waals surface area contributed by atoms with Gasteiger partial charge in [0, 0.05) is 31.9 Å². The first-order valence-electron chi connectivity index (χ1n) is 10.8. The Morgan fingerprint density at radius 3 is 2.55 bits per heavy atom. The van der Waals surface area contributed by atoms with Crippen molar-refractivity contribution in [2.45, 2.75) is 50.5 Å². The molecule has 7 nitrogen and oxygen atoms in total. The zero-order valence-electron chi connectivity index (χ0n) is 17.6. The summed E-state index contributed by atoms with van der Waals surface area (Å²) >= 11 is 0. The van der Waals surface area contributed by atoms with Crippen molar-refractivity contribution in [2.24, 2.45) is 0 Å². The average molecular weight is 423 g/mol. The molecule has 3 rings (SSSR count). The van der Waals surface area contributed by atoms with E-state index in [1.807, 2.05) is 0 Å². The number of amides is 1. The molecular formula is C21H34N4O3S. The van der Waals surface area contributed by atoms with E-state index in [4.69, 9.17) is 0 Å². The number of anilines is 1. The molecule has 1 atom stereocenters. The SMILES string of the molecule is CCCN1CCCCC1C(=O)Nc1cccc(S(=O)(=O)N2CCN(CC)CC2)c1. The Kier molecular flexibility index (Phi) is 7.67. The predicted molar refractivity (Wildman–Crippen MR) is 115 cm³/mol. The van der Waals surface area contributed by atoms with Gasteiger partial charge in [0.15, 0.2) is 0 Å². The molecule has 1 unspecified atom stereocenters. The number of benzene rings is 1. The third kappa shape index (κ3) is 5.36. The molecule has 29 heavy (non-hydrogen) atoms. The predicted octanol–water partition coefficient (Wildman–Crippen LogP) is 2.22. The van der Waals surface area contributed by atoms with Crippen molar-refractivity contribution in [2.75, 3.05) is 51.1 Å². The number of nitrogens with zero attached hydrogens (tertiary/aromatic N) is 3. The van der Waals surface area contributed by atoms with Gasteiger partial charge in [0.25, 0.3) is 0 Å². The molecule has 0 aliphatic carbocycles. The molecule has 162 valence electrons. The first kappa shape index (κ1) is 22.2. The van der Waals surface area contributed by atoms with Gasteiger partial charge in [0.1, 0.15) is 0 Å². The highest BCUT2D eigenvalue weighted by Crippen LogP contribution is 2.23. The Morgan fingerprint density at radius 1 is 1.10 bits per heavy atom. The number of likely N-dealkylation sites (N-methyl/N-ethyl adjacent to an activating group) is 1. The molecule has 1 aromatic carbocycles. The molecule has 0 spiro atoms. The molecule has 8 heteroatoms. The number of carbonyl (C=O) groups excluding carboxylic acids is 1. The minimum atomic E-state index is -3.55. The van der Waals surface area contributed by atoms with E-state index < -0.39 is 10.0 Å². The average Bonchev–Trinajstić information content (AvgIpc) is 2.74. The molecule has 1 amide bonds. The van der Waals surface area contributed by atoms with Gasteiger partial charge in [-0.1, -0.05) is 26.3 Å². The third-order valence-corrected chi connectivity index (χ3v) is 7.84. The first-order chi connectivity index (χ1) is 14.0. The summed E-state index contributed by atoms with van der Waals surface area (Å²) in [5, 5.41) is 2.96. The molecule has 0 aromatic heterocycles. The zero-order chi connectivity index (χ0) is 20.9. The number of piperazine rings is 1. The van der Waals surface area contributed by atoms with Gasteiger partial charge < -0.3 is 10.2 Å². The second kappa shape index (κ2) is 10.0. The summed E-state index contributed by atoms with van der Waals surface area (Å²) in [7, 11) is -3.55. The van der Waals surface area contributed by atoms with Crippen LogP contribution in [-0.2, 0) is 14.8 Å². The van der Waals surface area contributed by atoms with Crippen molar-refractivity contribution in [3.63, 3.8) is 0 Å².